The van der Waals surface area contributed by atoms with Crippen LogP contribution in [0.4, 0.5) is 5.13 Å². The first-order valence-electron chi connectivity index (χ1n) is 8.13. The third kappa shape index (κ3) is 2.75. The number of aryl methyl sites for hydroxylation is 2. The number of hydrogen-bond donors (Lipinski definition) is 2. The second kappa shape index (κ2) is 5.98. The Labute approximate surface area is 139 Å². The molecule has 1 saturated heterocycles. The summed E-state index contributed by atoms with van der Waals surface area (Å²) in [7, 11) is 0. The number of rotatable bonds is 4. The Hall–Kier alpha value is -1.85. The summed E-state index contributed by atoms with van der Waals surface area (Å²) in [5.41, 5.74) is 4.64. The number of thiazole rings is 1. The van der Waals surface area contributed by atoms with Crippen LogP contribution in [-0.4, -0.2) is 29.2 Å². The van der Waals surface area contributed by atoms with E-state index in [4.69, 9.17) is 9.72 Å². The van der Waals surface area contributed by atoms with Crippen molar-refractivity contribution in [3.63, 3.8) is 0 Å². The maximum Gasteiger partial charge on any atom is 0.183 e. The van der Waals surface area contributed by atoms with Crippen molar-refractivity contribution in [3.05, 3.63) is 34.8 Å². The van der Waals surface area contributed by atoms with Gasteiger partial charge < -0.3 is 15.0 Å². The largest absolute Gasteiger partial charge is 0.376 e. The maximum atomic E-state index is 5.67. The lowest BCUT2D eigenvalue weighted by Crippen LogP contribution is -2.18. The van der Waals surface area contributed by atoms with E-state index in [1.807, 2.05) is 0 Å². The van der Waals surface area contributed by atoms with E-state index < -0.39 is 0 Å². The minimum Gasteiger partial charge on any atom is -0.376 e. The molecule has 2 N–H and O–H groups in total. The van der Waals surface area contributed by atoms with Gasteiger partial charge in [0.25, 0.3) is 0 Å². The molecule has 0 amide bonds. The number of hydrogen-bond acceptors (Lipinski definition) is 4. The fourth-order valence-corrected chi connectivity index (χ4v) is 4.12. The Morgan fingerprint density at radius 2 is 2.22 bits per heavy atom. The third-order valence-electron chi connectivity index (χ3n) is 4.43. The van der Waals surface area contributed by atoms with Crippen LogP contribution < -0.4 is 5.32 Å². The van der Waals surface area contributed by atoms with Crippen LogP contribution in [0.15, 0.2) is 24.3 Å². The predicted molar refractivity (Wildman–Crippen MR) is 96.3 cm³/mol. The summed E-state index contributed by atoms with van der Waals surface area (Å²) in [5, 5.41) is 5.67. The summed E-state index contributed by atoms with van der Waals surface area (Å²) >= 11 is 1.72. The number of fused-ring (bicyclic) bond motifs is 1. The molecule has 3 aromatic rings. The molecule has 1 aliphatic heterocycles. The highest BCUT2D eigenvalue weighted by Gasteiger charge is 2.19. The van der Waals surface area contributed by atoms with Gasteiger partial charge in [-0.1, -0.05) is 18.2 Å². The van der Waals surface area contributed by atoms with Crippen LogP contribution in [0.5, 0.6) is 0 Å². The number of nitrogens with zero attached hydrogens (tertiary/aromatic N) is 1. The Morgan fingerprint density at radius 1 is 1.35 bits per heavy atom. The lowest BCUT2D eigenvalue weighted by molar-refractivity contribution is 0.120. The van der Waals surface area contributed by atoms with Gasteiger partial charge in [0.1, 0.15) is 0 Å². The van der Waals surface area contributed by atoms with Gasteiger partial charge in [0, 0.05) is 40.2 Å². The topological polar surface area (TPSA) is 49.9 Å². The Kier molecular flexibility index (Phi) is 3.83. The fourth-order valence-electron chi connectivity index (χ4n) is 3.29. The summed E-state index contributed by atoms with van der Waals surface area (Å²) < 4.78 is 5.67. The highest BCUT2D eigenvalue weighted by atomic mass is 32.1. The highest BCUT2D eigenvalue weighted by Crippen LogP contribution is 2.37. The van der Waals surface area contributed by atoms with Crippen molar-refractivity contribution in [2.75, 3.05) is 18.5 Å². The molecule has 1 unspecified atom stereocenters. The molecular weight excluding hydrogens is 306 g/mol. The second-order valence-corrected chi connectivity index (χ2v) is 7.31. The standard InChI is InChI=1S/C18H21N3OS/c1-11-16(14-7-3-4-8-15(14)20-11)17-12(2)23-18(21-17)19-10-13-6-5-9-22-13/h3-4,7-8,13,20H,5-6,9-10H2,1-2H3,(H,19,21). The molecule has 1 atom stereocenters. The number of aromatic nitrogens is 2. The molecule has 23 heavy (non-hydrogen) atoms. The Morgan fingerprint density at radius 3 is 3.04 bits per heavy atom. The van der Waals surface area contributed by atoms with Crippen molar-refractivity contribution in [3.8, 4) is 11.3 Å². The summed E-state index contributed by atoms with van der Waals surface area (Å²) in [6.07, 6.45) is 2.65. The molecule has 0 radical (unpaired) electrons. The SMILES string of the molecule is Cc1[nH]c2ccccc2c1-c1nc(NCC2CCCO2)sc1C. The maximum absolute atomic E-state index is 5.67. The lowest BCUT2D eigenvalue weighted by atomic mass is 10.1. The predicted octanol–water partition coefficient (Wildman–Crippen LogP) is 4.50. The van der Waals surface area contributed by atoms with Crippen LogP contribution in [-0.2, 0) is 4.74 Å². The van der Waals surface area contributed by atoms with E-state index in [0.29, 0.717) is 6.10 Å². The minimum atomic E-state index is 0.331. The lowest BCUT2D eigenvalue weighted by Gasteiger charge is -2.09. The van der Waals surface area contributed by atoms with Crippen LogP contribution in [0.25, 0.3) is 22.2 Å². The zero-order valence-electron chi connectivity index (χ0n) is 13.5. The summed E-state index contributed by atoms with van der Waals surface area (Å²) in [5.74, 6) is 0. The van der Waals surface area contributed by atoms with E-state index in [0.717, 1.165) is 30.4 Å². The van der Waals surface area contributed by atoms with E-state index in [1.165, 1.54) is 33.5 Å². The first-order valence-corrected chi connectivity index (χ1v) is 8.94. The first-order chi connectivity index (χ1) is 11.2. The molecule has 0 bridgehead atoms. The van der Waals surface area contributed by atoms with Crippen LogP contribution in [0, 0.1) is 13.8 Å². The zero-order chi connectivity index (χ0) is 15.8. The molecular formula is C18H21N3OS. The van der Waals surface area contributed by atoms with Gasteiger partial charge in [-0.05, 0) is 32.8 Å². The molecule has 4 nitrogen and oxygen atoms in total. The summed E-state index contributed by atoms with van der Waals surface area (Å²) in [6.45, 7) is 6.00. The van der Waals surface area contributed by atoms with E-state index in [-0.39, 0.29) is 0 Å². The van der Waals surface area contributed by atoms with Gasteiger partial charge in [0.15, 0.2) is 5.13 Å². The molecule has 120 valence electrons. The number of ether oxygens (including phenoxy) is 1. The van der Waals surface area contributed by atoms with Crippen molar-refractivity contribution < 1.29 is 4.74 Å². The fraction of sp³-hybridized carbons (Fsp3) is 0.389. The third-order valence-corrected chi connectivity index (χ3v) is 5.36. The molecule has 1 aromatic carbocycles. The summed E-state index contributed by atoms with van der Waals surface area (Å²) in [6, 6.07) is 8.42. The number of nitrogens with one attached hydrogen (secondary N) is 2. The molecule has 5 heteroatoms. The first kappa shape index (κ1) is 14.7. The van der Waals surface area contributed by atoms with Crippen LogP contribution in [0.1, 0.15) is 23.4 Å². The number of para-hydroxylation sites is 1. The van der Waals surface area contributed by atoms with Gasteiger partial charge in [-0.25, -0.2) is 4.98 Å². The highest BCUT2D eigenvalue weighted by molar-refractivity contribution is 7.16. The average molecular weight is 327 g/mol. The van der Waals surface area contributed by atoms with E-state index >= 15 is 0 Å². The number of H-pyrrole nitrogens is 1. The zero-order valence-corrected chi connectivity index (χ0v) is 14.3. The Balaban J connectivity index is 1.64. The second-order valence-electron chi connectivity index (χ2n) is 6.11. The molecule has 1 aliphatic rings. The molecule has 1 fully saturated rings. The molecule has 0 saturated carbocycles. The number of anilines is 1. The average Bonchev–Trinajstić information content (AvgIpc) is 3.23. The van der Waals surface area contributed by atoms with Gasteiger partial charge in [0.2, 0.25) is 0 Å². The van der Waals surface area contributed by atoms with Crippen molar-refractivity contribution in [2.24, 2.45) is 0 Å². The van der Waals surface area contributed by atoms with Gasteiger partial charge in [-0.3, -0.25) is 0 Å². The molecule has 4 rings (SSSR count). The van der Waals surface area contributed by atoms with E-state index in [9.17, 15) is 0 Å². The monoisotopic (exact) mass is 327 g/mol. The van der Waals surface area contributed by atoms with Gasteiger partial charge >= 0.3 is 0 Å². The van der Waals surface area contributed by atoms with Gasteiger partial charge in [-0.15, -0.1) is 11.3 Å². The van der Waals surface area contributed by atoms with Gasteiger partial charge in [0.05, 0.1) is 11.8 Å². The smallest absolute Gasteiger partial charge is 0.183 e. The Bertz CT molecular complexity index is 830. The normalized spacial score (nSPS) is 17.9. The van der Waals surface area contributed by atoms with Crippen molar-refractivity contribution in [1.29, 1.82) is 0 Å². The molecule has 0 aliphatic carbocycles. The summed E-state index contributed by atoms with van der Waals surface area (Å²) in [4.78, 5) is 9.56. The van der Waals surface area contributed by atoms with Crippen LogP contribution >= 0.6 is 11.3 Å². The molecule has 0 spiro atoms. The minimum absolute atomic E-state index is 0.331. The van der Waals surface area contributed by atoms with Crippen LogP contribution in [0.3, 0.4) is 0 Å². The van der Waals surface area contributed by atoms with Crippen LogP contribution in [0.2, 0.25) is 0 Å². The van der Waals surface area contributed by atoms with Crippen molar-refractivity contribution in [1.82, 2.24) is 9.97 Å². The van der Waals surface area contributed by atoms with Crippen molar-refractivity contribution in [2.45, 2.75) is 32.8 Å². The molecule has 3 heterocycles. The van der Waals surface area contributed by atoms with E-state index in [1.54, 1.807) is 11.3 Å². The van der Waals surface area contributed by atoms with Crippen molar-refractivity contribution >= 4 is 27.4 Å². The molecule has 2 aromatic heterocycles. The number of benzene rings is 1. The van der Waals surface area contributed by atoms with E-state index in [2.05, 4.69) is 48.4 Å². The number of aromatic amines is 1. The van der Waals surface area contributed by atoms with Gasteiger partial charge in [-0.2, -0.15) is 0 Å². The quantitative estimate of drug-likeness (QED) is 0.742.